The fourth-order valence-electron chi connectivity index (χ4n) is 2.47. The van der Waals surface area contributed by atoms with E-state index in [1.807, 2.05) is 0 Å². The van der Waals surface area contributed by atoms with E-state index < -0.39 is 33.7 Å². The highest BCUT2D eigenvalue weighted by atomic mass is 35.5. The predicted octanol–water partition coefficient (Wildman–Crippen LogP) is 2.03. The highest BCUT2D eigenvalue weighted by molar-refractivity contribution is 7.89. The van der Waals surface area contributed by atoms with Gasteiger partial charge in [-0.1, -0.05) is 25.4 Å². The number of aliphatic carboxylic acids is 1. The van der Waals surface area contributed by atoms with Gasteiger partial charge in [-0.15, -0.1) is 0 Å². The van der Waals surface area contributed by atoms with E-state index in [2.05, 4.69) is 5.32 Å². The van der Waals surface area contributed by atoms with E-state index in [1.54, 1.807) is 13.8 Å². The molecule has 9 heteroatoms. The largest absolute Gasteiger partial charge is 0.481 e. The third kappa shape index (κ3) is 3.71. The Hall–Kier alpha value is -1.64. The summed E-state index contributed by atoms with van der Waals surface area (Å²) in [6, 6.07) is 4.18. The number of benzene rings is 1. The van der Waals surface area contributed by atoms with Crippen LogP contribution in [-0.4, -0.2) is 42.8 Å². The molecule has 2 unspecified atom stereocenters. The zero-order chi connectivity index (χ0) is 18.1. The van der Waals surface area contributed by atoms with E-state index in [-0.39, 0.29) is 15.6 Å². The molecule has 132 valence electrons. The van der Waals surface area contributed by atoms with Crippen LogP contribution in [0.5, 0.6) is 0 Å². The molecule has 0 spiro atoms. The van der Waals surface area contributed by atoms with Crippen LogP contribution in [0.3, 0.4) is 0 Å². The first-order valence-corrected chi connectivity index (χ1v) is 9.37. The van der Waals surface area contributed by atoms with E-state index >= 15 is 0 Å². The minimum atomic E-state index is -3.76. The van der Waals surface area contributed by atoms with Gasteiger partial charge in [-0.25, -0.2) is 8.42 Å². The van der Waals surface area contributed by atoms with Crippen molar-refractivity contribution in [3.05, 3.63) is 23.2 Å². The van der Waals surface area contributed by atoms with E-state index in [9.17, 15) is 18.0 Å². The molecule has 24 heavy (non-hydrogen) atoms. The summed E-state index contributed by atoms with van der Waals surface area (Å²) in [5, 5.41) is 11.5. The molecule has 1 amide bonds. The molecule has 7 nitrogen and oxygen atoms in total. The second kappa shape index (κ2) is 7.08. The quantitative estimate of drug-likeness (QED) is 0.759. The van der Waals surface area contributed by atoms with Gasteiger partial charge in [0, 0.05) is 18.8 Å². The number of rotatable bonds is 7. The maximum Gasteiger partial charge on any atom is 0.307 e. The maximum absolute atomic E-state index is 12.6. The first-order valence-electron chi connectivity index (χ1n) is 7.55. The summed E-state index contributed by atoms with van der Waals surface area (Å²) in [4.78, 5) is 22.7. The molecule has 1 aliphatic carbocycles. The average Bonchev–Trinajstić information content (AvgIpc) is 3.30. The molecule has 0 saturated heterocycles. The number of hydrogen-bond donors (Lipinski definition) is 2. The number of sulfonamides is 1. The van der Waals surface area contributed by atoms with Crippen molar-refractivity contribution in [3.8, 4) is 0 Å². The molecular formula is C15H19ClN2O5S. The van der Waals surface area contributed by atoms with Gasteiger partial charge >= 0.3 is 5.97 Å². The highest BCUT2D eigenvalue weighted by Gasteiger charge is 2.48. The number of anilines is 1. The van der Waals surface area contributed by atoms with Crippen molar-refractivity contribution in [2.75, 3.05) is 18.4 Å². The molecule has 1 aromatic carbocycles. The summed E-state index contributed by atoms with van der Waals surface area (Å²) in [5.74, 6) is -2.69. The van der Waals surface area contributed by atoms with E-state index in [0.717, 1.165) is 0 Å². The fourth-order valence-corrected chi connectivity index (χ4v) is 4.43. The van der Waals surface area contributed by atoms with Crippen LogP contribution < -0.4 is 5.32 Å². The molecule has 1 saturated carbocycles. The molecule has 2 atom stereocenters. The summed E-state index contributed by atoms with van der Waals surface area (Å²) in [6.07, 6.45) is 0.291. The van der Waals surface area contributed by atoms with Crippen LogP contribution in [0.15, 0.2) is 23.1 Å². The smallest absolute Gasteiger partial charge is 0.307 e. The second-order valence-electron chi connectivity index (χ2n) is 5.51. The fraction of sp³-hybridized carbons (Fsp3) is 0.467. The van der Waals surface area contributed by atoms with Gasteiger partial charge in [-0.3, -0.25) is 9.59 Å². The highest BCUT2D eigenvalue weighted by Crippen LogP contribution is 2.39. The van der Waals surface area contributed by atoms with Gasteiger partial charge in [0.15, 0.2) is 0 Å². The lowest BCUT2D eigenvalue weighted by molar-refractivity contribution is -0.139. The zero-order valence-electron chi connectivity index (χ0n) is 13.3. The van der Waals surface area contributed by atoms with Crippen molar-refractivity contribution in [1.82, 2.24) is 4.31 Å². The van der Waals surface area contributed by atoms with Crippen LogP contribution in [0.25, 0.3) is 0 Å². The number of carboxylic acid groups (broad SMARTS) is 1. The van der Waals surface area contributed by atoms with Gasteiger partial charge in [0.2, 0.25) is 15.9 Å². The minimum Gasteiger partial charge on any atom is -0.481 e. The topological polar surface area (TPSA) is 104 Å². The van der Waals surface area contributed by atoms with Crippen LogP contribution in [0.2, 0.25) is 5.02 Å². The monoisotopic (exact) mass is 374 g/mol. The van der Waals surface area contributed by atoms with Gasteiger partial charge in [0.05, 0.1) is 16.9 Å². The number of carbonyl (C=O) groups is 2. The van der Waals surface area contributed by atoms with Gasteiger partial charge < -0.3 is 10.4 Å². The number of carboxylic acids is 1. The van der Waals surface area contributed by atoms with Gasteiger partial charge in [-0.2, -0.15) is 4.31 Å². The van der Waals surface area contributed by atoms with Crippen molar-refractivity contribution < 1.29 is 23.1 Å². The molecule has 1 fully saturated rings. The van der Waals surface area contributed by atoms with Crippen molar-refractivity contribution in [2.45, 2.75) is 25.2 Å². The molecule has 2 N–H and O–H groups in total. The van der Waals surface area contributed by atoms with Crippen molar-refractivity contribution in [1.29, 1.82) is 0 Å². The average molecular weight is 375 g/mol. The summed E-state index contributed by atoms with van der Waals surface area (Å²) in [6.45, 7) is 4.04. The molecule has 0 aromatic heterocycles. The van der Waals surface area contributed by atoms with Gasteiger partial charge in [0.1, 0.15) is 4.90 Å². The Morgan fingerprint density at radius 1 is 1.29 bits per heavy atom. The maximum atomic E-state index is 12.6. The Kier molecular flexibility index (Phi) is 5.52. The molecule has 1 aliphatic rings. The van der Waals surface area contributed by atoms with Crippen LogP contribution in [0.4, 0.5) is 5.69 Å². The van der Waals surface area contributed by atoms with E-state index in [1.165, 1.54) is 22.5 Å². The van der Waals surface area contributed by atoms with Crippen LogP contribution >= 0.6 is 11.6 Å². The normalized spacial score (nSPS) is 20.0. The molecular weight excluding hydrogens is 356 g/mol. The zero-order valence-corrected chi connectivity index (χ0v) is 14.9. The van der Waals surface area contributed by atoms with Crippen LogP contribution in [0, 0.1) is 11.8 Å². The predicted molar refractivity (Wildman–Crippen MR) is 89.4 cm³/mol. The lowest BCUT2D eigenvalue weighted by atomic mass is 10.2. The molecule has 0 heterocycles. The van der Waals surface area contributed by atoms with Gasteiger partial charge in [-0.05, 0) is 24.6 Å². The Balaban J connectivity index is 2.23. The van der Waals surface area contributed by atoms with Crippen LogP contribution in [0.1, 0.15) is 20.3 Å². The number of hydrogen-bond acceptors (Lipinski definition) is 4. The van der Waals surface area contributed by atoms with Crippen LogP contribution in [-0.2, 0) is 19.6 Å². The van der Waals surface area contributed by atoms with Crippen molar-refractivity contribution in [3.63, 3.8) is 0 Å². The Bertz CT molecular complexity index is 761. The number of nitrogens with one attached hydrogen (secondary N) is 1. The van der Waals surface area contributed by atoms with Crippen molar-refractivity contribution in [2.24, 2.45) is 11.8 Å². The van der Waals surface area contributed by atoms with Gasteiger partial charge in [0.25, 0.3) is 0 Å². The first kappa shape index (κ1) is 18.7. The standard InChI is InChI=1S/C15H19ClN2O5S/c1-3-18(4-2)24(22,23)13-7-9(5-6-12(13)16)17-14(19)10-8-11(10)15(20)21/h5-7,10-11H,3-4,8H2,1-2H3,(H,17,19)(H,20,21). The third-order valence-corrected chi connectivity index (χ3v) is 6.50. The summed E-state index contributed by atoms with van der Waals surface area (Å²) in [7, 11) is -3.76. The third-order valence-electron chi connectivity index (χ3n) is 3.97. The minimum absolute atomic E-state index is 0.0646. The van der Waals surface area contributed by atoms with E-state index in [0.29, 0.717) is 19.5 Å². The molecule has 0 radical (unpaired) electrons. The molecule has 0 bridgehead atoms. The second-order valence-corrected chi connectivity index (χ2v) is 7.82. The molecule has 1 aromatic rings. The summed E-state index contributed by atoms with van der Waals surface area (Å²) in [5.41, 5.74) is 0.270. The lowest BCUT2D eigenvalue weighted by Crippen LogP contribution is -2.31. The number of carbonyl (C=O) groups excluding carboxylic acids is 1. The molecule has 0 aliphatic heterocycles. The summed E-state index contributed by atoms with van der Waals surface area (Å²) >= 11 is 6.02. The Morgan fingerprint density at radius 2 is 1.92 bits per heavy atom. The lowest BCUT2D eigenvalue weighted by Gasteiger charge is -2.19. The van der Waals surface area contributed by atoms with Crippen molar-refractivity contribution >= 4 is 39.2 Å². The summed E-state index contributed by atoms with van der Waals surface area (Å²) < 4.78 is 26.4. The SMILES string of the molecule is CCN(CC)S(=O)(=O)c1cc(NC(=O)C2CC2C(=O)O)ccc1Cl. The number of nitrogens with zero attached hydrogens (tertiary/aromatic N) is 1. The molecule has 2 rings (SSSR count). The Labute approximate surface area is 145 Å². The number of halogens is 1. The first-order chi connectivity index (χ1) is 11.2. The van der Waals surface area contributed by atoms with E-state index in [4.69, 9.17) is 16.7 Å². The number of amides is 1. The Morgan fingerprint density at radius 3 is 2.42 bits per heavy atom.